The van der Waals surface area contributed by atoms with Crippen LogP contribution in [0, 0.1) is 0 Å². The molecule has 6 nitrogen and oxygen atoms in total. The van der Waals surface area contributed by atoms with E-state index in [9.17, 15) is 9.59 Å². The summed E-state index contributed by atoms with van der Waals surface area (Å²) in [4.78, 5) is 30.3. The normalized spacial score (nSPS) is 24.8. The van der Waals surface area contributed by atoms with Gasteiger partial charge in [0.25, 0.3) is 5.91 Å². The van der Waals surface area contributed by atoms with Gasteiger partial charge in [-0.2, -0.15) is 0 Å². The average molecular weight is 212 g/mol. The number of aliphatic imine (C=N–C) groups is 2. The first-order valence-electron chi connectivity index (χ1n) is 4.11. The summed E-state index contributed by atoms with van der Waals surface area (Å²) >= 11 is 1.44. The van der Waals surface area contributed by atoms with Crippen LogP contribution in [0.2, 0.25) is 0 Å². The Morgan fingerprint density at radius 2 is 2.21 bits per heavy atom. The topological polar surface area (TPSA) is 82.9 Å². The van der Waals surface area contributed by atoms with Gasteiger partial charge in [0.05, 0.1) is 0 Å². The van der Waals surface area contributed by atoms with Crippen molar-refractivity contribution < 1.29 is 9.59 Å². The van der Waals surface area contributed by atoms with E-state index in [-0.39, 0.29) is 0 Å². The SMILES string of the molecule is CCSC1=NC2C(=O)NC(=O)NC2=N1. The number of nitrogens with zero attached hydrogens (tertiary/aromatic N) is 2. The van der Waals surface area contributed by atoms with Crippen molar-refractivity contribution in [2.75, 3.05) is 5.75 Å². The van der Waals surface area contributed by atoms with E-state index in [4.69, 9.17) is 0 Å². The van der Waals surface area contributed by atoms with Crippen LogP contribution in [0.4, 0.5) is 4.79 Å². The van der Waals surface area contributed by atoms with Gasteiger partial charge in [-0.15, -0.1) is 0 Å². The van der Waals surface area contributed by atoms with E-state index >= 15 is 0 Å². The van der Waals surface area contributed by atoms with Gasteiger partial charge in [0.1, 0.15) is 5.84 Å². The van der Waals surface area contributed by atoms with E-state index in [0.717, 1.165) is 5.75 Å². The molecule has 3 amide bonds. The maximum Gasteiger partial charge on any atom is 0.326 e. The second-order valence-corrected chi connectivity index (χ2v) is 3.92. The van der Waals surface area contributed by atoms with Crippen LogP contribution in [0.1, 0.15) is 6.92 Å². The first kappa shape index (κ1) is 9.20. The highest BCUT2D eigenvalue weighted by Crippen LogP contribution is 2.15. The van der Waals surface area contributed by atoms with Crippen LogP contribution < -0.4 is 10.6 Å². The lowest BCUT2D eigenvalue weighted by molar-refractivity contribution is -0.120. The Labute approximate surface area is 84.3 Å². The number of carbonyl (C=O) groups excluding carboxylic acids is 2. The molecule has 1 unspecified atom stereocenters. The third-order valence-corrected chi connectivity index (χ3v) is 2.46. The van der Waals surface area contributed by atoms with E-state index in [0.29, 0.717) is 11.0 Å². The van der Waals surface area contributed by atoms with Gasteiger partial charge in [-0.25, -0.2) is 14.8 Å². The first-order chi connectivity index (χ1) is 6.70. The first-order valence-corrected chi connectivity index (χ1v) is 5.10. The van der Waals surface area contributed by atoms with Gasteiger partial charge in [-0.1, -0.05) is 18.7 Å². The smallest absolute Gasteiger partial charge is 0.293 e. The zero-order chi connectivity index (χ0) is 10.1. The summed E-state index contributed by atoms with van der Waals surface area (Å²) in [6.45, 7) is 1.97. The Morgan fingerprint density at radius 1 is 1.43 bits per heavy atom. The molecule has 2 N–H and O–H groups in total. The van der Waals surface area contributed by atoms with E-state index in [1.54, 1.807) is 0 Å². The molecule has 0 saturated carbocycles. The molecule has 0 aromatic carbocycles. The third-order valence-electron chi connectivity index (χ3n) is 1.71. The Morgan fingerprint density at radius 3 is 2.93 bits per heavy atom. The van der Waals surface area contributed by atoms with Gasteiger partial charge in [0.2, 0.25) is 0 Å². The Hall–Kier alpha value is -1.37. The number of hydrogen-bond acceptors (Lipinski definition) is 5. The molecule has 1 saturated heterocycles. The molecular weight excluding hydrogens is 204 g/mol. The summed E-state index contributed by atoms with van der Waals surface area (Å²) in [5.41, 5.74) is 0. The zero-order valence-electron chi connectivity index (χ0n) is 7.40. The number of imide groups is 1. The number of fused-ring (bicyclic) bond motifs is 1. The summed E-state index contributed by atoms with van der Waals surface area (Å²) < 4.78 is 0. The minimum atomic E-state index is -0.665. The van der Waals surface area contributed by atoms with Crippen molar-refractivity contribution in [3.05, 3.63) is 0 Å². The number of amidine groups is 2. The molecule has 0 aromatic heterocycles. The van der Waals surface area contributed by atoms with E-state index in [2.05, 4.69) is 20.6 Å². The maximum absolute atomic E-state index is 11.3. The highest BCUT2D eigenvalue weighted by Gasteiger charge is 2.35. The second-order valence-electron chi connectivity index (χ2n) is 2.69. The van der Waals surface area contributed by atoms with Crippen LogP contribution in [-0.4, -0.2) is 34.7 Å². The Balaban J connectivity index is 2.21. The van der Waals surface area contributed by atoms with E-state index in [1.807, 2.05) is 6.92 Å². The van der Waals surface area contributed by atoms with Crippen molar-refractivity contribution in [1.82, 2.24) is 10.6 Å². The van der Waals surface area contributed by atoms with Crippen LogP contribution in [0.5, 0.6) is 0 Å². The number of rotatable bonds is 1. The quantitative estimate of drug-likeness (QED) is 0.626. The predicted molar refractivity (Wildman–Crippen MR) is 53.5 cm³/mol. The lowest BCUT2D eigenvalue weighted by Gasteiger charge is -2.16. The number of urea groups is 1. The van der Waals surface area contributed by atoms with Crippen molar-refractivity contribution >= 4 is 34.7 Å². The van der Waals surface area contributed by atoms with Crippen LogP contribution >= 0.6 is 11.8 Å². The van der Waals surface area contributed by atoms with Gasteiger partial charge in [0.15, 0.2) is 11.2 Å². The Kier molecular flexibility index (Phi) is 2.24. The number of thioether (sulfide) groups is 1. The number of nitrogens with one attached hydrogen (secondary N) is 2. The van der Waals surface area contributed by atoms with Crippen LogP contribution in [-0.2, 0) is 4.79 Å². The number of carbonyl (C=O) groups is 2. The molecule has 2 aliphatic heterocycles. The van der Waals surface area contributed by atoms with Gasteiger partial charge in [0, 0.05) is 0 Å². The van der Waals surface area contributed by atoms with Crippen molar-refractivity contribution in [3.8, 4) is 0 Å². The molecule has 0 aliphatic carbocycles. The summed E-state index contributed by atoms with van der Waals surface area (Å²) in [7, 11) is 0. The highest BCUT2D eigenvalue weighted by molar-refractivity contribution is 8.13. The Bertz CT molecular complexity index is 363. The van der Waals surface area contributed by atoms with Gasteiger partial charge >= 0.3 is 6.03 Å². The van der Waals surface area contributed by atoms with Crippen LogP contribution in [0.15, 0.2) is 9.98 Å². The predicted octanol–water partition coefficient (Wildman–Crippen LogP) is -0.284. The van der Waals surface area contributed by atoms with E-state index in [1.165, 1.54) is 11.8 Å². The molecule has 0 spiro atoms. The minimum Gasteiger partial charge on any atom is -0.293 e. The third kappa shape index (κ3) is 1.50. The summed E-state index contributed by atoms with van der Waals surface area (Å²) in [6.07, 6.45) is 0. The van der Waals surface area contributed by atoms with Crippen molar-refractivity contribution in [2.24, 2.45) is 9.98 Å². The molecular formula is C7H8N4O2S. The van der Waals surface area contributed by atoms with Gasteiger partial charge < -0.3 is 0 Å². The summed E-state index contributed by atoms with van der Waals surface area (Å²) in [6, 6.07) is -1.20. The minimum absolute atomic E-state index is 0.328. The summed E-state index contributed by atoms with van der Waals surface area (Å²) in [5.74, 6) is 0.742. The standard InChI is InChI=1S/C7H8N4O2S/c1-2-14-7-8-3-4(10-7)9-6(13)11-5(3)12/h3H,2H2,1H3,(H2,8,9,10,11,12,13). The van der Waals surface area contributed by atoms with Crippen molar-refractivity contribution in [2.45, 2.75) is 13.0 Å². The molecule has 2 aliphatic rings. The lowest BCUT2D eigenvalue weighted by Crippen LogP contribution is -2.57. The molecule has 0 aromatic rings. The molecule has 2 rings (SSSR count). The second kappa shape index (κ2) is 3.41. The summed E-state index contributed by atoms with van der Waals surface area (Å²) in [5, 5.41) is 5.12. The van der Waals surface area contributed by atoms with E-state index < -0.39 is 18.0 Å². The van der Waals surface area contributed by atoms with Crippen molar-refractivity contribution in [3.63, 3.8) is 0 Å². The monoisotopic (exact) mass is 212 g/mol. The molecule has 0 bridgehead atoms. The molecule has 14 heavy (non-hydrogen) atoms. The molecule has 2 heterocycles. The fourth-order valence-electron chi connectivity index (χ4n) is 1.17. The molecule has 0 radical (unpaired) electrons. The fraction of sp³-hybridized carbons (Fsp3) is 0.429. The molecule has 7 heteroatoms. The maximum atomic E-state index is 11.3. The number of hydrogen-bond donors (Lipinski definition) is 2. The largest absolute Gasteiger partial charge is 0.326 e. The molecule has 74 valence electrons. The highest BCUT2D eigenvalue weighted by atomic mass is 32.2. The van der Waals surface area contributed by atoms with Gasteiger partial charge in [-0.05, 0) is 5.75 Å². The van der Waals surface area contributed by atoms with Crippen LogP contribution in [0.3, 0.4) is 0 Å². The number of amides is 3. The average Bonchev–Trinajstić information content (AvgIpc) is 2.48. The van der Waals surface area contributed by atoms with Crippen LogP contribution in [0.25, 0.3) is 0 Å². The van der Waals surface area contributed by atoms with Gasteiger partial charge in [-0.3, -0.25) is 15.4 Å². The van der Waals surface area contributed by atoms with Crippen molar-refractivity contribution in [1.29, 1.82) is 0 Å². The molecule has 1 atom stereocenters. The lowest BCUT2D eigenvalue weighted by atomic mass is 10.2. The molecule has 1 fully saturated rings. The zero-order valence-corrected chi connectivity index (χ0v) is 8.22. The fourth-order valence-corrected chi connectivity index (χ4v) is 1.77.